The summed E-state index contributed by atoms with van der Waals surface area (Å²) in [5, 5.41) is 0. The second-order valence-electron chi connectivity index (χ2n) is 5.97. The lowest BCUT2D eigenvalue weighted by Gasteiger charge is -2.46. The Morgan fingerprint density at radius 1 is 1.26 bits per heavy atom. The highest BCUT2D eigenvalue weighted by Crippen LogP contribution is 2.22. The number of piperazine rings is 1. The average Bonchev–Trinajstić information content (AvgIpc) is 2.80. The molecular weight excluding hydrogens is 264 g/mol. The van der Waals surface area contributed by atoms with Crippen LogP contribution in [0.3, 0.4) is 0 Å². The molecule has 19 heavy (non-hydrogen) atoms. The average molecular weight is 286 g/mol. The summed E-state index contributed by atoms with van der Waals surface area (Å²) in [7, 11) is -3.46. The summed E-state index contributed by atoms with van der Waals surface area (Å²) in [6, 6.07) is 0.201. The molecule has 0 N–H and O–H groups in total. The van der Waals surface area contributed by atoms with Gasteiger partial charge < -0.3 is 0 Å². The van der Waals surface area contributed by atoms with Gasteiger partial charge in [0.05, 0.1) is 0 Å². The van der Waals surface area contributed by atoms with Crippen LogP contribution in [-0.4, -0.2) is 57.8 Å². The normalized spacial score (nSPS) is 23.7. The van der Waals surface area contributed by atoms with Crippen LogP contribution in [0.2, 0.25) is 0 Å². The largest absolute Gasteiger partial charge is 0.308 e. The topological polar surface area (TPSA) is 58.4 Å². The lowest BCUT2D eigenvalue weighted by molar-refractivity contribution is 0.0442. The van der Waals surface area contributed by atoms with Crippen LogP contribution in [0.4, 0.5) is 0 Å². The standard InChI is InChI=1S/C12H22N4O2S/c1-11-9-14(7-8-16(11)12(2,3)4)19(17,18)15-6-5-13-10-15/h5-6,10-11H,7-9H2,1-4H3/t11-/m1/s1. The third kappa shape index (κ3) is 2.82. The van der Waals surface area contributed by atoms with E-state index in [1.165, 1.54) is 27.0 Å². The number of nitrogens with zero attached hydrogens (tertiary/aromatic N) is 4. The Kier molecular flexibility index (Phi) is 3.72. The molecule has 0 amide bonds. The molecule has 1 atom stereocenters. The molecular formula is C12H22N4O2S. The number of rotatable bonds is 2. The quantitative estimate of drug-likeness (QED) is 0.806. The zero-order valence-electron chi connectivity index (χ0n) is 11.9. The van der Waals surface area contributed by atoms with E-state index in [0.29, 0.717) is 13.1 Å². The summed E-state index contributed by atoms with van der Waals surface area (Å²) < 4.78 is 27.5. The Labute approximate surface area is 115 Å². The molecule has 6 nitrogen and oxygen atoms in total. The van der Waals surface area contributed by atoms with Gasteiger partial charge in [-0.1, -0.05) is 0 Å². The van der Waals surface area contributed by atoms with E-state index in [1.807, 2.05) is 0 Å². The van der Waals surface area contributed by atoms with Crippen molar-refractivity contribution < 1.29 is 8.42 Å². The number of hydrogen-bond acceptors (Lipinski definition) is 4. The first kappa shape index (κ1) is 14.5. The Morgan fingerprint density at radius 3 is 2.42 bits per heavy atom. The molecule has 0 unspecified atom stereocenters. The first-order valence-electron chi connectivity index (χ1n) is 6.48. The van der Waals surface area contributed by atoms with Crippen LogP contribution >= 0.6 is 0 Å². The molecule has 0 aliphatic carbocycles. The first-order chi connectivity index (χ1) is 8.73. The van der Waals surface area contributed by atoms with Crippen molar-refractivity contribution in [3.8, 4) is 0 Å². The van der Waals surface area contributed by atoms with Gasteiger partial charge in [-0.25, -0.2) is 8.96 Å². The van der Waals surface area contributed by atoms with Crippen LogP contribution in [0.1, 0.15) is 27.7 Å². The van der Waals surface area contributed by atoms with Gasteiger partial charge in [0.1, 0.15) is 6.33 Å². The maximum atomic E-state index is 12.4. The molecule has 1 aromatic rings. The van der Waals surface area contributed by atoms with E-state index in [4.69, 9.17) is 0 Å². The molecule has 1 aliphatic heterocycles. The number of aromatic nitrogens is 2. The Bertz CT molecular complexity index is 518. The molecule has 1 aromatic heterocycles. The van der Waals surface area contributed by atoms with Crippen molar-refractivity contribution in [3.05, 3.63) is 18.7 Å². The van der Waals surface area contributed by atoms with E-state index >= 15 is 0 Å². The lowest BCUT2D eigenvalue weighted by atomic mass is 10.0. The van der Waals surface area contributed by atoms with Crippen LogP contribution in [0.25, 0.3) is 0 Å². The van der Waals surface area contributed by atoms with E-state index in [9.17, 15) is 8.42 Å². The molecule has 0 radical (unpaired) electrons. The third-order valence-corrected chi connectivity index (χ3v) is 5.26. The molecule has 1 aliphatic rings. The van der Waals surface area contributed by atoms with Gasteiger partial charge in [0.2, 0.25) is 0 Å². The predicted octanol–water partition coefficient (Wildman–Crippen LogP) is 0.781. The summed E-state index contributed by atoms with van der Waals surface area (Å²) in [6.07, 6.45) is 4.28. The zero-order chi connectivity index (χ0) is 14.3. The molecule has 1 saturated heterocycles. The maximum Gasteiger partial charge on any atom is 0.308 e. The van der Waals surface area contributed by atoms with Crippen molar-refractivity contribution in [1.29, 1.82) is 0 Å². The highest BCUT2D eigenvalue weighted by Gasteiger charge is 2.36. The van der Waals surface area contributed by atoms with Crippen molar-refractivity contribution >= 4 is 10.2 Å². The van der Waals surface area contributed by atoms with Crippen molar-refractivity contribution in [2.24, 2.45) is 0 Å². The summed E-state index contributed by atoms with van der Waals surface area (Å²) in [4.78, 5) is 6.14. The third-order valence-electron chi connectivity index (χ3n) is 3.52. The van der Waals surface area contributed by atoms with Crippen LogP contribution in [0.15, 0.2) is 18.7 Å². The highest BCUT2D eigenvalue weighted by molar-refractivity contribution is 7.87. The molecule has 2 heterocycles. The fourth-order valence-corrected chi connectivity index (χ4v) is 4.01. The summed E-state index contributed by atoms with van der Waals surface area (Å²) in [5.74, 6) is 0. The van der Waals surface area contributed by atoms with E-state index in [1.54, 1.807) is 0 Å². The van der Waals surface area contributed by atoms with Gasteiger partial charge >= 0.3 is 10.2 Å². The van der Waals surface area contributed by atoms with Crippen molar-refractivity contribution in [1.82, 2.24) is 18.2 Å². The molecule has 108 valence electrons. The predicted molar refractivity (Wildman–Crippen MR) is 74.0 cm³/mol. The van der Waals surface area contributed by atoms with Gasteiger partial charge in [0, 0.05) is 43.6 Å². The van der Waals surface area contributed by atoms with Crippen molar-refractivity contribution in [3.63, 3.8) is 0 Å². The molecule has 7 heteroatoms. The Hall–Kier alpha value is -0.920. The minimum Gasteiger partial charge on any atom is -0.293 e. The summed E-state index contributed by atoms with van der Waals surface area (Å²) in [5.41, 5.74) is 0.0598. The van der Waals surface area contributed by atoms with Gasteiger partial charge in [-0.3, -0.25) is 4.90 Å². The Balaban J connectivity index is 2.15. The monoisotopic (exact) mass is 286 g/mol. The first-order valence-corrected chi connectivity index (χ1v) is 7.88. The minimum atomic E-state index is -3.46. The van der Waals surface area contributed by atoms with Gasteiger partial charge in [-0.2, -0.15) is 12.7 Å². The fraction of sp³-hybridized carbons (Fsp3) is 0.750. The van der Waals surface area contributed by atoms with E-state index in [-0.39, 0.29) is 11.6 Å². The van der Waals surface area contributed by atoms with E-state index in [2.05, 4.69) is 37.6 Å². The van der Waals surface area contributed by atoms with Crippen LogP contribution in [-0.2, 0) is 10.2 Å². The number of hydrogen-bond donors (Lipinski definition) is 0. The molecule has 0 spiro atoms. The zero-order valence-corrected chi connectivity index (χ0v) is 12.8. The minimum absolute atomic E-state index is 0.0598. The SMILES string of the molecule is C[C@@H]1CN(S(=O)(=O)n2ccnc2)CCN1C(C)(C)C. The van der Waals surface area contributed by atoms with Gasteiger partial charge in [-0.15, -0.1) is 0 Å². The van der Waals surface area contributed by atoms with Crippen LogP contribution < -0.4 is 0 Å². The smallest absolute Gasteiger partial charge is 0.293 e. The van der Waals surface area contributed by atoms with Crippen LogP contribution in [0.5, 0.6) is 0 Å². The van der Waals surface area contributed by atoms with Gasteiger partial charge in [-0.05, 0) is 27.7 Å². The summed E-state index contributed by atoms with van der Waals surface area (Å²) >= 11 is 0. The highest BCUT2D eigenvalue weighted by atomic mass is 32.2. The maximum absolute atomic E-state index is 12.4. The molecule has 0 bridgehead atoms. The van der Waals surface area contributed by atoms with Crippen LogP contribution in [0, 0.1) is 0 Å². The molecule has 2 rings (SSSR count). The van der Waals surface area contributed by atoms with Crippen molar-refractivity contribution in [2.45, 2.75) is 39.3 Å². The van der Waals surface area contributed by atoms with Crippen molar-refractivity contribution in [2.75, 3.05) is 19.6 Å². The fourth-order valence-electron chi connectivity index (χ4n) is 2.65. The second kappa shape index (κ2) is 4.88. The molecule has 0 aromatic carbocycles. The number of imidazole rings is 1. The molecule has 0 saturated carbocycles. The van der Waals surface area contributed by atoms with Gasteiger partial charge in [0.15, 0.2) is 0 Å². The lowest BCUT2D eigenvalue weighted by Crippen LogP contribution is -2.59. The van der Waals surface area contributed by atoms with E-state index < -0.39 is 10.2 Å². The van der Waals surface area contributed by atoms with Gasteiger partial charge in [0.25, 0.3) is 0 Å². The summed E-state index contributed by atoms with van der Waals surface area (Å²) in [6.45, 7) is 10.3. The second-order valence-corrected chi connectivity index (χ2v) is 7.81. The molecule has 1 fully saturated rings. The van der Waals surface area contributed by atoms with E-state index in [0.717, 1.165) is 6.54 Å². The Morgan fingerprint density at radius 2 is 1.95 bits per heavy atom.